The van der Waals surface area contributed by atoms with Gasteiger partial charge in [-0.1, -0.05) is 0 Å². The fourth-order valence-corrected chi connectivity index (χ4v) is 2.70. The van der Waals surface area contributed by atoms with Gasteiger partial charge in [-0.05, 0) is 19.1 Å². The normalized spacial score (nSPS) is 11.4. The van der Waals surface area contributed by atoms with Gasteiger partial charge in [-0.15, -0.1) is 11.3 Å². The van der Waals surface area contributed by atoms with E-state index in [1.165, 1.54) is 19.2 Å². The molecule has 1 aromatic carbocycles. The number of carbonyl (C=O) groups is 4. The SMILES string of the molecule is CC(=O)Nc1nc(C(=O)OC(C)C(=O)NCC(=O)Nc2ccc(F)c(F)c2F)cs1. The average Bonchev–Trinajstić information content (AvgIpc) is 3.14. The minimum atomic E-state index is -1.75. The number of aromatic nitrogens is 1. The van der Waals surface area contributed by atoms with Crippen molar-refractivity contribution in [3.63, 3.8) is 0 Å². The highest BCUT2D eigenvalue weighted by molar-refractivity contribution is 7.14. The van der Waals surface area contributed by atoms with E-state index in [1.807, 2.05) is 5.32 Å². The van der Waals surface area contributed by atoms with E-state index in [0.717, 1.165) is 17.4 Å². The fraction of sp³-hybridized carbons (Fsp3) is 0.235. The summed E-state index contributed by atoms with van der Waals surface area (Å²) in [6.07, 6.45) is -1.31. The number of anilines is 2. The molecule has 0 bridgehead atoms. The maximum atomic E-state index is 13.5. The average molecular weight is 444 g/mol. The van der Waals surface area contributed by atoms with E-state index < -0.39 is 53.6 Å². The Labute approximate surface area is 171 Å². The molecule has 0 saturated carbocycles. The molecule has 160 valence electrons. The summed E-state index contributed by atoms with van der Waals surface area (Å²) < 4.78 is 44.5. The Balaban J connectivity index is 1.84. The number of ether oxygens (including phenoxy) is 1. The molecule has 0 saturated heterocycles. The Hall–Kier alpha value is -3.48. The third-order valence-electron chi connectivity index (χ3n) is 3.38. The van der Waals surface area contributed by atoms with Gasteiger partial charge in [0.1, 0.15) is 0 Å². The Morgan fingerprint density at radius 2 is 1.83 bits per heavy atom. The molecule has 13 heteroatoms. The molecule has 3 amide bonds. The second kappa shape index (κ2) is 9.82. The number of amides is 3. The van der Waals surface area contributed by atoms with E-state index in [1.54, 1.807) is 0 Å². The third kappa shape index (κ3) is 6.01. The van der Waals surface area contributed by atoms with E-state index in [2.05, 4.69) is 15.6 Å². The summed E-state index contributed by atoms with van der Waals surface area (Å²) in [7, 11) is 0. The van der Waals surface area contributed by atoms with E-state index in [4.69, 9.17) is 4.74 Å². The van der Waals surface area contributed by atoms with Crippen molar-refractivity contribution in [3.8, 4) is 0 Å². The summed E-state index contributed by atoms with van der Waals surface area (Å²) >= 11 is 0.982. The first-order chi connectivity index (χ1) is 14.1. The van der Waals surface area contributed by atoms with Crippen LogP contribution in [0.4, 0.5) is 24.0 Å². The second-order valence-corrected chi connectivity index (χ2v) is 6.61. The summed E-state index contributed by atoms with van der Waals surface area (Å²) in [4.78, 5) is 50.5. The number of halogens is 3. The lowest BCUT2D eigenvalue weighted by atomic mass is 10.2. The summed E-state index contributed by atoms with van der Waals surface area (Å²) in [6, 6.07) is 1.45. The quantitative estimate of drug-likeness (QED) is 0.442. The number of carbonyl (C=O) groups excluding carboxylic acids is 4. The van der Waals surface area contributed by atoms with Gasteiger partial charge in [-0.3, -0.25) is 14.4 Å². The minimum Gasteiger partial charge on any atom is -0.448 e. The van der Waals surface area contributed by atoms with Crippen LogP contribution in [-0.4, -0.2) is 41.3 Å². The molecule has 1 heterocycles. The van der Waals surface area contributed by atoms with Gasteiger partial charge in [0.05, 0.1) is 12.2 Å². The molecule has 9 nitrogen and oxygen atoms in total. The number of benzene rings is 1. The van der Waals surface area contributed by atoms with Crippen LogP contribution in [0.5, 0.6) is 0 Å². The summed E-state index contributed by atoms with van der Waals surface area (Å²) in [5.74, 6) is -7.83. The number of thiazole rings is 1. The molecule has 1 aromatic heterocycles. The molecular formula is C17H15F3N4O5S. The van der Waals surface area contributed by atoms with Crippen LogP contribution >= 0.6 is 11.3 Å². The van der Waals surface area contributed by atoms with Gasteiger partial charge in [0.25, 0.3) is 5.91 Å². The van der Waals surface area contributed by atoms with Gasteiger partial charge in [0.2, 0.25) is 11.8 Å². The molecular weight excluding hydrogens is 429 g/mol. The second-order valence-electron chi connectivity index (χ2n) is 5.76. The number of hydrogen-bond acceptors (Lipinski definition) is 7. The Kier molecular flexibility index (Phi) is 7.47. The van der Waals surface area contributed by atoms with Gasteiger partial charge >= 0.3 is 5.97 Å². The fourth-order valence-electron chi connectivity index (χ4n) is 1.98. The Bertz CT molecular complexity index is 998. The van der Waals surface area contributed by atoms with Gasteiger partial charge in [-0.25, -0.2) is 22.9 Å². The summed E-state index contributed by atoms with van der Waals surface area (Å²) in [5, 5.41) is 7.99. The first-order valence-corrected chi connectivity index (χ1v) is 9.11. The highest BCUT2D eigenvalue weighted by atomic mass is 32.1. The van der Waals surface area contributed by atoms with E-state index >= 15 is 0 Å². The van der Waals surface area contributed by atoms with Gasteiger partial charge in [0.15, 0.2) is 34.4 Å². The Morgan fingerprint density at radius 1 is 1.13 bits per heavy atom. The molecule has 2 rings (SSSR count). The lowest BCUT2D eigenvalue weighted by Crippen LogP contribution is -2.40. The maximum absolute atomic E-state index is 13.5. The zero-order chi connectivity index (χ0) is 22.4. The summed E-state index contributed by atoms with van der Waals surface area (Å²) in [5.41, 5.74) is -0.735. The minimum absolute atomic E-state index is 0.130. The van der Waals surface area contributed by atoms with Crippen molar-refractivity contribution in [2.75, 3.05) is 17.2 Å². The zero-order valence-electron chi connectivity index (χ0n) is 15.5. The molecule has 2 aromatic rings. The van der Waals surface area contributed by atoms with Gasteiger partial charge in [-0.2, -0.15) is 0 Å². The molecule has 0 spiro atoms. The molecule has 0 aliphatic rings. The smallest absolute Gasteiger partial charge is 0.358 e. The van der Waals surface area contributed by atoms with Crippen LogP contribution in [0, 0.1) is 17.5 Å². The van der Waals surface area contributed by atoms with Crippen LogP contribution < -0.4 is 16.0 Å². The predicted molar refractivity (Wildman–Crippen MR) is 99.3 cm³/mol. The molecule has 0 aliphatic heterocycles. The predicted octanol–water partition coefficient (Wildman–Crippen LogP) is 1.82. The first-order valence-electron chi connectivity index (χ1n) is 8.23. The molecule has 0 radical (unpaired) electrons. The molecule has 0 fully saturated rings. The number of nitrogens with zero attached hydrogens (tertiary/aromatic N) is 1. The standard InChI is InChI=1S/C17H15F3N4O5S/c1-7(29-16(28)11-6-30-17(24-11)22-8(2)25)15(27)21-5-12(26)23-10-4-3-9(18)13(19)14(10)20/h3-4,6-7H,5H2,1-2H3,(H,21,27)(H,23,26)(H,22,24,25). The molecule has 1 unspecified atom stereocenters. The van der Waals surface area contributed by atoms with Crippen LogP contribution in [0.1, 0.15) is 24.3 Å². The monoisotopic (exact) mass is 444 g/mol. The lowest BCUT2D eigenvalue weighted by Gasteiger charge is -2.13. The van der Waals surface area contributed by atoms with E-state index in [9.17, 15) is 32.3 Å². The van der Waals surface area contributed by atoms with Crippen LogP contribution in [-0.2, 0) is 19.1 Å². The highest BCUT2D eigenvalue weighted by Gasteiger charge is 2.22. The van der Waals surface area contributed by atoms with Gasteiger partial charge in [0, 0.05) is 12.3 Å². The number of esters is 1. The van der Waals surface area contributed by atoms with Crippen molar-refractivity contribution in [1.29, 1.82) is 0 Å². The molecule has 0 aliphatic carbocycles. The Morgan fingerprint density at radius 3 is 2.50 bits per heavy atom. The van der Waals surface area contributed by atoms with Crippen LogP contribution in [0.25, 0.3) is 0 Å². The molecule has 30 heavy (non-hydrogen) atoms. The molecule has 3 N–H and O–H groups in total. The van der Waals surface area contributed by atoms with Crippen LogP contribution in [0.3, 0.4) is 0 Å². The summed E-state index contributed by atoms with van der Waals surface area (Å²) in [6.45, 7) is 1.85. The van der Waals surface area contributed by atoms with E-state index in [-0.39, 0.29) is 16.7 Å². The number of hydrogen-bond donors (Lipinski definition) is 3. The maximum Gasteiger partial charge on any atom is 0.358 e. The van der Waals surface area contributed by atoms with Crippen molar-refractivity contribution in [3.05, 3.63) is 40.7 Å². The van der Waals surface area contributed by atoms with Crippen molar-refractivity contribution >= 4 is 45.8 Å². The van der Waals surface area contributed by atoms with Crippen molar-refractivity contribution in [2.24, 2.45) is 0 Å². The number of rotatable bonds is 7. The van der Waals surface area contributed by atoms with Crippen molar-refractivity contribution in [1.82, 2.24) is 10.3 Å². The van der Waals surface area contributed by atoms with E-state index in [0.29, 0.717) is 6.07 Å². The third-order valence-corrected chi connectivity index (χ3v) is 4.14. The van der Waals surface area contributed by atoms with Gasteiger partial charge < -0.3 is 20.7 Å². The largest absolute Gasteiger partial charge is 0.448 e. The van der Waals surface area contributed by atoms with Crippen LogP contribution in [0.15, 0.2) is 17.5 Å². The highest BCUT2D eigenvalue weighted by Crippen LogP contribution is 2.19. The van der Waals surface area contributed by atoms with Crippen molar-refractivity contribution < 1.29 is 37.1 Å². The lowest BCUT2D eigenvalue weighted by molar-refractivity contribution is -0.130. The van der Waals surface area contributed by atoms with Crippen molar-refractivity contribution in [2.45, 2.75) is 20.0 Å². The number of nitrogens with one attached hydrogen (secondary N) is 3. The topological polar surface area (TPSA) is 126 Å². The first kappa shape index (κ1) is 22.8. The molecule has 1 atom stereocenters. The van der Waals surface area contributed by atoms with Crippen LogP contribution in [0.2, 0.25) is 0 Å². The zero-order valence-corrected chi connectivity index (χ0v) is 16.4.